The molecule has 7 heteroatoms. The first-order valence-electron chi connectivity index (χ1n) is 7.57. The fraction of sp³-hybridized carbons (Fsp3) is 0.667. The summed E-state index contributed by atoms with van der Waals surface area (Å²) in [6.07, 6.45) is 0.558. The van der Waals surface area contributed by atoms with E-state index in [0.717, 1.165) is 6.54 Å². The van der Waals surface area contributed by atoms with Crippen molar-refractivity contribution in [1.82, 2.24) is 9.80 Å². The molecule has 122 valence electrons. The highest BCUT2D eigenvalue weighted by molar-refractivity contribution is 7.09. The third-order valence-corrected chi connectivity index (χ3v) is 5.51. The van der Waals surface area contributed by atoms with Crippen molar-refractivity contribution < 1.29 is 18.7 Å². The molecule has 1 aliphatic carbocycles. The highest BCUT2D eigenvalue weighted by Gasteiger charge is 2.62. The molecule has 2 fully saturated rings. The maximum absolute atomic E-state index is 14.2. The summed E-state index contributed by atoms with van der Waals surface area (Å²) < 4.78 is 28.4. The summed E-state index contributed by atoms with van der Waals surface area (Å²) in [6, 6.07) is 4.03. The fourth-order valence-electron chi connectivity index (χ4n) is 2.96. The molecule has 3 rings (SSSR count). The van der Waals surface area contributed by atoms with Crippen molar-refractivity contribution in [3.05, 3.63) is 22.4 Å². The molecule has 0 spiro atoms. The number of thiophene rings is 1. The number of alkyl halides is 2. The van der Waals surface area contributed by atoms with Crippen LogP contribution in [0.3, 0.4) is 0 Å². The number of rotatable bonds is 4. The lowest BCUT2D eigenvalue weighted by molar-refractivity contribution is -0.224. The number of aliphatic hydroxyl groups is 1. The number of hydrogen-bond acceptors (Lipinski definition) is 4. The molecular formula is C15H20F2N2O2S. The van der Waals surface area contributed by atoms with E-state index in [1.54, 1.807) is 11.3 Å². The van der Waals surface area contributed by atoms with Gasteiger partial charge in [0.25, 0.3) is 5.91 Å². The number of hydrogen-bond donors (Lipinski definition) is 1. The minimum absolute atomic E-state index is 0.00405. The molecule has 0 aromatic carbocycles. The second-order valence-electron chi connectivity index (χ2n) is 6.11. The molecular weight excluding hydrogens is 310 g/mol. The van der Waals surface area contributed by atoms with Crippen molar-refractivity contribution in [2.75, 3.05) is 26.2 Å². The summed E-state index contributed by atoms with van der Waals surface area (Å²) in [6.45, 7) is 2.53. The number of carbonyl (C=O) groups is 1. The van der Waals surface area contributed by atoms with Crippen molar-refractivity contribution >= 4 is 17.2 Å². The Morgan fingerprint density at radius 2 is 2.00 bits per heavy atom. The molecule has 22 heavy (non-hydrogen) atoms. The van der Waals surface area contributed by atoms with E-state index in [1.807, 2.05) is 17.5 Å². The van der Waals surface area contributed by atoms with Crippen LogP contribution >= 0.6 is 11.3 Å². The van der Waals surface area contributed by atoms with Crippen molar-refractivity contribution in [2.45, 2.75) is 37.3 Å². The number of carbonyl (C=O) groups excluding carboxylic acids is 1. The van der Waals surface area contributed by atoms with Crippen LogP contribution in [0.15, 0.2) is 17.5 Å². The van der Waals surface area contributed by atoms with E-state index >= 15 is 0 Å². The molecule has 0 unspecified atom stereocenters. The minimum Gasteiger partial charge on any atom is -0.383 e. The predicted octanol–water partition coefficient (Wildman–Crippen LogP) is 1.94. The third-order valence-electron chi connectivity index (χ3n) is 4.65. The van der Waals surface area contributed by atoms with Gasteiger partial charge in [-0.25, -0.2) is 0 Å². The van der Waals surface area contributed by atoms with Gasteiger partial charge < -0.3 is 10.0 Å². The zero-order valence-corrected chi connectivity index (χ0v) is 13.1. The summed E-state index contributed by atoms with van der Waals surface area (Å²) in [5, 5.41) is 11.9. The van der Waals surface area contributed by atoms with Gasteiger partial charge in [0.15, 0.2) is 0 Å². The lowest BCUT2D eigenvalue weighted by Gasteiger charge is -2.44. The van der Waals surface area contributed by atoms with Gasteiger partial charge in [0.1, 0.15) is 5.60 Å². The third kappa shape index (κ3) is 2.77. The lowest BCUT2D eigenvalue weighted by Crippen LogP contribution is -2.63. The molecule has 0 atom stereocenters. The van der Waals surface area contributed by atoms with Crippen molar-refractivity contribution in [3.8, 4) is 0 Å². The largest absolute Gasteiger partial charge is 0.383 e. The molecule has 1 aliphatic heterocycles. The van der Waals surface area contributed by atoms with E-state index in [4.69, 9.17) is 0 Å². The Morgan fingerprint density at radius 3 is 2.50 bits per heavy atom. The van der Waals surface area contributed by atoms with E-state index in [2.05, 4.69) is 4.90 Å². The van der Waals surface area contributed by atoms with Gasteiger partial charge >= 0.3 is 5.92 Å². The first-order chi connectivity index (χ1) is 10.4. The Labute approximate surface area is 132 Å². The Morgan fingerprint density at radius 1 is 1.32 bits per heavy atom. The van der Waals surface area contributed by atoms with Crippen molar-refractivity contribution in [1.29, 1.82) is 0 Å². The van der Waals surface area contributed by atoms with Gasteiger partial charge in [-0.2, -0.15) is 8.78 Å². The smallest absolute Gasteiger partial charge is 0.352 e. The van der Waals surface area contributed by atoms with Crippen LogP contribution in [0.1, 0.15) is 24.1 Å². The number of amides is 1. The molecule has 1 aromatic rings. The molecule has 1 N–H and O–H groups in total. The first kappa shape index (κ1) is 15.8. The zero-order chi connectivity index (χ0) is 15.8. The Hall–Kier alpha value is -1.05. The molecule has 4 nitrogen and oxygen atoms in total. The van der Waals surface area contributed by atoms with Gasteiger partial charge in [-0.3, -0.25) is 9.69 Å². The maximum atomic E-state index is 14.2. The molecule has 1 aromatic heterocycles. The molecule has 1 amide bonds. The monoisotopic (exact) mass is 330 g/mol. The maximum Gasteiger partial charge on any atom is 0.352 e. The van der Waals surface area contributed by atoms with E-state index < -0.39 is 17.4 Å². The summed E-state index contributed by atoms with van der Waals surface area (Å²) in [7, 11) is 0. The molecule has 1 saturated heterocycles. The Kier molecular flexibility index (Phi) is 4.22. The highest BCUT2D eigenvalue weighted by atomic mass is 32.1. The Bertz CT molecular complexity index is 524. The van der Waals surface area contributed by atoms with E-state index in [-0.39, 0.29) is 25.9 Å². The molecule has 2 heterocycles. The second kappa shape index (κ2) is 5.86. The van der Waals surface area contributed by atoms with Crippen LogP contribution < -0.4 is 0 Å². The lowest BCUT2D eigenvalue weighted by atomic mass is 9.75. The van der Waals surface area contributed by atoms with E-state index in [1.165, 1.54) is 9.78 Å². The molecule has 0 bridgehead atoms. The van der Waals surface area contributed by atoms with Gasteiger partial charge in [0.05, 0.1) is 0 Å². The van der Waals surface area contributed by atoms with Crippen LogP contribution in [0, 0.1) is 0 Å². The van der Waals surface area contributed by atoms with E-state index in [9.17, 15) is 18.7 Å². The van der Waals surface area contributed by atoms with E-state index in [0.29, 0.717) is 19.5 Å². The summed E-state index contributed by atoms with van der Waals surface area (Å²) in [4.78, 5) is 16.7. The van der Waals surface area contributed by atoms with Crippen molar-refractivity contribution in [2.24, 2.45) is 0 Å². The quantitative estimate of drug-likeness (QED) is 0.918. The standard InChI is InChI=1S/C15H20F2N2O2S/c16-15(17,14(21)4-2-5-14)13(20)19-8-6-18(7-9-19)11-12-3-1-10-22-12/h1,3,10,21H,2,4-9,11H2. The fourth-order valence-corrected chi connectivity index (χ4v) is 3.70. The predicted molar refractivity (Wildman–Crippen MR) is 79.9 cm³/mol. The number of nitrogens with zero attached hydrogens (tertiary/aromatic N) is 2. The zero-order valence-electron chi connectivity index (χ0n) is 12.3. The van der Waals surface area contributed by atoms with Crippen LogP contribution in [0.5, 0.6) is 0 Å². The van der Waals surface area contributed by atoms with Gasteiger partial charge in [-0.05, 0) is 30.7 Å². The highest BCUT2D eigenvalue weighted by Crippen LogP contribution is 2.45. The van der Waals surface area contributed by atoms with Crippen LogP contribution in [0.25, 0.3) is 0 Å². The Balaban J connectivity index is 1.55. The van der Waals surface area contributed by atoms with Crippen molar-refractivity contribution in [3.63, 3.8) is 0 Å². The van der Waals surface area contributed by atoms with Gasteiger partial charge in [-0.1, -0.05) is 6.07 Å². The average Bonchev–Trinajstić information content (AvgIpc) is 2.97. The summed E-state index contributed by atoms with van der Waals surface area (Å²) in [5.41, 5.74) is -2.13. The minimum atomic E-state index is -3.67. The number of halogens is 2. The average molecular weight is 330 g/mol. The summed E-state index contributed by atoms with van der Waals surface area (Å²) in [5.74, 6) is -4.88. The summed E-state index contributed by atoms with van der Waals surface area (Å²) >= 11 is 1.67. The number of piperazine rings is 1. The van der Waals surface area contributed by atoms with Crippen LogP contribution in [-0.4, -0.2) is 58.5 Å². The normalized spacial score (nSPS) is 22.4. The molecule has 0 radical (unpaired) electrons. The van der Waals surface area contributed by atoms with Gasteiger partial charge in [0.2, 0.25) is 0 Å². The molecule has 2 aliphatic rings. The molecule has 1 saturated carbocycles. The van der Waals surface area contributed by atoms with Gasteiger partial charge in [-0.15, -0.1) is 11.3 Å². The topological polar surface area (TPSA) is 43.8 Å². The van der Waals surface area contributed by atoms with Gasteiger partial charge in [0, 0.05) is 37.6 Å². The second-order valence-corrected chi connectivity index (χ2v) is 7.14. The first-order valence-corrected chi connectivity index (χ1v) is 8.45. The van der Waals surface area contributed by atoms with Crippen LogP contribution in [0.2, 0.25) is 0 Å². The van der Waals surface area contributed by atoms with Crippen LogP contribution in [-0.2, 0) is 11.3 Å². The SMILES string of the molecule is O=C(N1CCN(Cc2cccs2)CC1)C(F)(F)C1(O)CCC1. The van der Waals surface area contributed by atoms with Crippen LogP contribution in [0.4, 0.5) is 8.78 Å².